The van der Waals surface area contributed by atoms with E-state index in [1.165, 1.54) is 11.8 Å². The van der Waals surface area contributed by atoms with Crippen LogP contribution in [0.15, 0.2) is 21.1 Å². The van der Waals surface area contributed by atoms with Crippen LogP contribution in [0, 0.1) is 13.8 Å². The monoisotopic (exact) mass is 464 g/mol. The Bertz CT molecular complexity index is 870. The molecule has 0 bridgehead atoms. The fourth-order valence-electron chi connectivity index (χ4n) is 3.90. The van der Waals surface area contributed by atoms with E-state index in [2.05, 4.69) is 16.9 Å². The van der Waals surface area contributed by atoms with Crippen LogP contribution >= 0.6 is 34.9 Å². The summed E-state index contributed by atoms with van der Waals surface area (Å²) in [7, 11) is 0. The van der Waals surface area contributed by atoms with E-state index in [9.17, 15) is 4.79 Å². The molecule has 1 amide bonds. The summed E-state index contributed by atoms with van der Waals surface area (Å²) < 4.78 is 6.68. The summed E-state index contributed by atoms with van der Waals surface area (Å²) in [6, 6.07) is 0. The number of rotatable bonds is 7. The van der Waals surface area contributed by atoms with Gasteiger partial charge in [0.2, 0.25) is 5.91 Å². The minimum Gasteiger partial charge on any atom is -0.377 e. The van der Waals surface area contributed by atoms with Crippen LogP contribution in [0.1, 0.15) is 48.6 Å². The molecule has 9 heteroatoms. The van der Waals surface area contributed by atoms with Crippen LogP contribution in [-0.4, -0.2) is 63.1 Å². The number of aryl methyl sites for hydroxylation is 2. The third-order valence-corrected chi connectivity index (χ3v) is 8.61. The van der Waals surface area contributed by atoms with Gasteiger partial charge in [0.1, 0.15) is 0 Å². The van der Waals surface area contributed by atoms with Crippen molar-refractivity contribution < 1.29 is 9.53 Å². The summed E-state index contributed by atoms with van der Waals surface area (Å²) in [5.41, 5.74) is 3.23. The van der Waals surface area contributed by atoms with E-state index in [1.54, 1.807) is 23.1 Å². The molecular weight excluding hydrogens is 436 g/mol. The molecule has 0 spiro atoms. The highest BCUT2D eigenvalue weighted by molar-refractivity contribution is 8.01. The van der Waals surface area contributed by atoms with E-state index in [4.69, 9.17) is 9.72 Å². The first-order chi connectivity index (χ1) is 14.6. The van der Waals surface area contributed by atoms with Gasteiger partial charge < -0.3 is 9.64 Å². The molecule has 0 N–H and O–H groups in total. The standard InChI is InChI=1S/C21H28N4O2S3/c1-14-9-22-20(28-12-17-6-4-8-27-17)24-19(14)16-5-3-7-25(10-16)18(26)13-30-21-23-15(2)11-29-21/h9,11,16-17H,3-8,10,12-13H2,1-2H3/t16-,17-/m1/s1. The smallest absolute Gasteiger partial charge is 0.233 e. The Morgan fingerprint density at radius 3 is 2.93 bits per heavy atom. The minimum atomic E-state index is 0.192. The van der Waals surface area contributed by atoms with Crippen molar-refractivity contribution in [2.24, 2.45) is 0 Å². The van der Waals surface area contributed by atoms with Gasteiger partial charge in [-0.1, -0.05) is 23.5 Å². The molecule has 30 heavy (non-hydrogen) atoms. The Morgan fingerprint density at radius 1 is 1.27 bits per heavy atom. The number of likely N-dealkylation sites (tertiary alicyclic amines) is 1. The van der Waals surface area contributed by atoms with Gasteiger partial charge in [0.25, 0.3) is 0 Å². The van der Waals surface area contributed by atoms with Crippen LogP contribution in [0.3, 0.4) is 0 Å². The Morgan fingerprint density at radius 2 is 2.17 bits per heavy atom. The SMILES string of the molecule is Cc1csc(SCC(=O)N2CCC[C@@H](c3nc(SC[C@H]4CCCO4)ncc3C)C2)n1. The van der Waals surface area contributed by atoms with Crippen molar-refractivity contribution in [1.29, 1.82) is 0 Å². The van der Waals surface area contributed by atoms with Crippen LogP contribution < -0.4 is 0 Å². The highest BCUT2D eigenvalue weighted by Crippen LogP contribution is 2.30. The van der Waals surface area contributed by atoms with Gasteiger partial charge in [-0.3, -0.25) is 4.79 Å². The summed E-state index contributed by atoms with van der Waals surface area (Å²) in [5.74, 6) is 1.83. The predicted molar refractivity (Wildman–Crippen MR) is 123 cm³/mol. The maximum Gasteiger partial charge on any atom is 0.233 e. The van der Waals surface area contributed by atoms with Gasteiger partial charge in [-0.15, -0.1) is 11.3 Å². The predicted octanol–water partition coefficient (Wildman–Crippen LogP) is 4.32. The topological polar surface area (TPSA) is 68.2 Å². The quantitative estimate of drug-likeness (QED) is 0.446. The van der Waals surface area contributed by atoms with Gasteiger partial charge >= 0.3 is 0 Å². The highest BCUT2D eigenvalue weighted by atomic mass is 32.2. The third-order valence-electron chi connectivity index (χ3n) is 5.49. The number of nitrogens with zero attached hydrogens (tertiary/aromatic N) is 4. The van der Waals surface area contributed by atoms with Crippen molar-refractivity contribution >= 4 is 40.8 Å². The number of piperidine rings is 1. The minimum absolute atomic E-state index is 0.192. The van der Waals surface area contributed by atoms with Gasteiger partial charge in [-0.2, -0.15) is 0 Å². The second-order valence-electron chi connectivity index (χ2n) is 7.89. The van der Waals surface area contributed by atoms with E-state index in [0.717, 1.165) is 77.6 Å². The lowest BCUT2D eigenvalue weighted by atomic mass is 9.92. The first kappa shape index (κ1) is 22.0. The summed E-state index contributed by atoms with van der Waals surface area (Å²) in [5, 5.41) is 2.85. The number of thiazole rings is 1. The molecule has 0 aliphatic carbocycles. The number of amides is 1. The van der Waals surface area contributed by atoms with E-state index in [-0.39, 0.29) is 11.8 Å². The molecular formula is C21H28N4O2S3. The van der Waals surface area contributed by atoms with Crippen molar-refractivity contribution in [3.63, 3.8) is 0 Å². The zero-order valence-electron chi connectivity index (χ0n) is 17.5. The van der Waals surface area contributed by atoms with Gasteiger partial charge in [0.05, 0.1) is 17.6 Å². The van der Waals surface area contributed by atoms with Crippen molar-refractivity contribution in [1.82, 2.24) is 19.9 Å². The molecule has 0 unspecified atom stereocenters. The average molecular weight is 465 g/mol. The van der Waals surface area contributed by atoms with Crippen molar-refractivity contribution in [3.05, 3.63) is 28.5 Å². The molecule has 2 aliphatic heterocycles. The molecule has 162 valence electrons. The number of aromatic nitrogens is 3. The number of thioether (sulfide) groups is 2. The summed E-state index contributed by atoms with van der Waals surface area (Å²) in [6.45, 7) is 6.50. The van der Waals surface area contributed by atoms with Crippen molar-refractivity contribution in [2.45, 2.75) is 61.0 Å². The molecule has 0 aromatic carbocycles. The molecule has 2 aromatic rings. The lowest BCUT2D eigenvalue weighted by Crippen LogP contribution is -2.40. The average Bonchev–Trinajstić information content (AvgIpc) is 3.43. The lowest BCUT2D eigenvalue weighted by molar-refractivity contribution is -0.129. The van der Waals surface area contributed by atoms with Crippen LogP contribution in [-0.2, 0) is 9.53 Å². The van der Waals surface area contributed by atoms with E-state index in [0.29, 0.717) is 11.9 Å². The maximum absolute atomic E-state index is 12.8. The van der Waals surface area contributed by atoms with Gasteiger partial charge in [-0.25, -0.2) is 15.0 Å². The fraction of sp³-hybridized carbons (Fsp3) is 0.619. The molecule has 2 atom stereocenters. The largest absolute Gasteiger partial charge is 0.377 e. The zero-order chi connectivity index (χ0) is 20.9. The summed E-state index contributed by atoms with van der Waals surface area (Å²) >= 11 is 4.83. The lowest BCUT2D eigenvalue weighted by Gasteiger charge is -2.33. The van der Waals surface area contributed by atoms with Crippen LogP contribution in [0.25, 0.3) is 0 Å². The number of carbonyl (C=O) groups is 1. The molecule has 2 fully saturated rings. The number of hydrogen-bond acceptors (Lipinski definition) is 8. The molecule has 0 saturated carbocycles. The van der Waals surface area contributed by atoms with Gasteiger partial charge in [-0.05, 0) is 45.1 Å². The normalized spacial score (nSPS) is 21.9. The van der Waals surface area contributed by atoms with E-state index in [1.807, 2.05) is 23.4 Å². The molecule has 4 rings (SSSR count). The van der Waals surface area contributed by atoms with Crippen LogP contribution in [0.4, 0.5) is 0 Å². The van der Waals surface area contributed by atoms with Crippen LogP contribution in [0.5, 0.6) is 0 Å². The molecule has 2 saturated heterocycles. The summed E-state index contributed by atoms with van der Waals surface area (Å²) in [6.07, 6.45) is 6.61. The zero-order valence-corrected chi connectivity index (χ0v) is 20.0. The number of carbonyl (C=O) groups excluding carboxylic acids is 1. The van der Waals surface area contributed by atoms with Gasteiger partial charge in [0, 0.05) is 48.6 Å². The molecule has 4 heterocycles. The Kier molecular flexibility index (Phi) is 7.67. The third kappa shape index (κ3) is 5.75. The number of ether oxygens (including phenoxy) is 1. The molecule has 6 nitrogen and oxygen atoms in total. The maximum atomic E-state index is 12.8. The number of hydrogen-bond donors (Lipinski definition) is 0. The first-order valence-electron chi connectivity index (χ1n) is 10.5. The van der Waals surface area contributed by atoms with Gasteiger partial charge in [0.15, 0.2) is 9.50 Å². The molecule has 2 aromatic heterocycles. The Hall–Kier alpha value is -1.16. The van der Waals surface area contributed by atoms with Crippen molar-refractivity contribution in [3.8, 4) is 0 Å². The Labute approximate surface area is 190 Å². The molecule has 0 radical (unpaired) electrons. The summed E-state index contributed by atoms with van der Waals surface area (Å²) in [4.78, 5) is 28.6. The molecule has 2 aliphatic rings. The first-order valence-corrected chi connectivity index (χ1v) is 13.3. The fourth-order valence-corrected chi connectivity index (χ4v) is 6.54. The van der Waals surface area contributed by atoms with Crippen molar-refractivity contribution in [2.75, 3.05) is 31.2 Å². The van der Waals surface area contributed by atoms with E-state index >= 15 is 0 Å². The Balaban J connectivity index is 1.35. The second kappa shape index (κ2) is 10.4. The second-order valence-corrected chi connectivity index (χ2v) is 11.0. The van der Waals surface area contributed by atoms with E-state index < -0.39 is 0 Å². The van der Waals surface area contributed by atoms with Crippen LogP contribution in [0.2, 0.25) is 0 Å². The highest BCUT2D eigenvalue weighted by Gasteiger charge is 2.27.